The topological polar surface area (TPSA) is 72.9 Å². The first-order chi connectivity index (χ1) is 12.0. The summed E-state index contributed by atoms with van der Waals surface area (Å²) in [5.41, 5.74) is 0.176. The van der Waals surface area contributed by atoms with E-state index in [0.29, 0.717) is 0 Å². The highest BCUT2D eigenvalue weighted by molar-refractivity contribution is 6.23. The van der Waals surface area contributed by atoms with Gasteiger partial charge in [-0.3, -0.25) is 19.3 Å². The lowest BCUT2D eigenvalue weighted by Gasteiger charge is -2.15. The number of imide groups is 1. The van der Waals surface area contributed by atoms with Crippen LogP contribution in [0.4, 0.5) is 4.39 Å². The van der Waals surface area contributed by atoms with E-state index in [4.69, 9.17) is 9.47 Å². The minimum atomic E-state index is -0.900. The van der Waals surface area contributed by atoms with Gasteiger partial charge in [0.2, 0.25) is 0 Å². The molecule has 1 heterocycles. The fraction of sp³-hybridized carbons (Fsp3) is 0.167. The summed E-state index contributed by atoms with van der Waals surface area (Å²) in [6.45, 7) is -0.557. The van der Waals surface area contributed by atoms with Crippen molar-refractivity contribution in [3.8, 4) is 11.5 Å². The average Bonchev–Trinajstić information content (AvgIpc) is 2.86. The number of carbonyl (C=O) groups excluding carboxylic acids is 3. The van der Waals surface area contributed by atoms with Crippen molar-refractivity contribution in [1.82, 2.24) is 4.90 Å². The zero-order valence-corrected chi connectivity index (χ0v) is 13.5. The molecule has 0 spiro atoms. The van der Waals surface area contributed by atoms with Crippen LogP contribution in [0.1, 0.15) is 31.1 Å². The molecule has 7 heteroatoms. The van der Waals surface area contributed by atoms with Crippen molar-refractivity contribution < 1.29 is 28.2 Å². The van der Waals surface area contributed by atoms with Gasteiger partial charge < -0.3 is 9.47 Å². The smallest absolute Gasteiger partial charge is 0.261 e. The molecular weight excluding hydrogens is 329 g/mol. The number of halogens is 1. The van der Waals surface area contributed by atoms with Gasteiger partial charge in [-0.15, -0.1) is 0 Å². The van der Waals surface area contributed by atoms with Crippen LogP contribution in [0.5, 0.6) is 11.5 Å². The van der Waals surface area contributed by atoms with Gasteiger partial charge in [-0.1, -0.05) is 12.1 Å². The fourth-order valence-corrected chi connectivity index (χ4v) is 2.72. The van der Waals surface area contributed by atoms with E-state index >= 15 is 0 Å². The van der Waals surface area contributed by atoms with E-state index < -0.39 is 30.0 Å². The predicted octanol–water partition coefficient (Wildman–Crippen LogP) is 2.32. The first-order valence-corrected chi connectivity index (χ1v) is 7.38. The van der Waals surface area contributed by atoms with Gasteiger partial charge in [-0.2, -0.15) is 0 Å². The third-order valence-corrected chi connectivity index (χ3v) is 3.97. The van der Waals surface area contributed by atoms with Crippen molar-refractivity contribution in [2.24, 2.45) is 0 Å². The summed E-state index contributed by atoms with van der Waals surface area (Å²) in [5.74, 6) is -2.84. The second kappa shape index (κ2) is 6.35. The molecule has 0 bridgehead atoms. The van der Waals surface area contributed by atoms with Crippen molar-refractivity contribution in [1.29, 1.82) is 0 Å². The highest BCUT2D eigenvalue weighted by Crippen LogP contribution is 2.32. The first-order valence-electron chi connectivity index (χ1n) is 7.38. The van der Waals surface area contributed by atoms with Crippen LogP contribution in [0.3, 0.4) is 0 Å². The normalized spacial score (nSPS) is 13.0. The molecule has 128 valence electrons. The molecule has 1 aliphatic rings. The first kappa shape index (κ1) is 16.6. The van der Waals surface area contributed by atoms with E-state index in [1.54, 1.807) is 12.1 Å². The van der Waals surface area contributed by atoms with Crippen LogP contribution in [0, 0.1) is 5.82 Å². The van der Waals surface area contributed by atoms with Gasteiger partial charge >= 0.3 is 0 Å². The van der Waals surface area contributed by atoms with Crippen molar-refractivity contribution >= 4 is 17.6 Å². The number of hydrogen-bond donors (Lipinski definition) is 0. The quantitative estimate of drug-likeness (QED) is 0.615. The summed E-state index contributed by atoms with van der Waals surface area (Å²) < 4.78 is 24.4. The Balaban J connectivity index is 1.89. The summed E-state index contributed by atoms with van der Waals surface area (Å²) in [4.78, 5) is 37.9. The number of carbonyl (C=O) groups is 3. The Bertz CT molecular complexity index is 858. The van der Waals surface area contributed by atoms with E-state index in [2.05, 4.69) is 0 Å². The summed E-state index contributed by atoms with van der Waals surface area (Å²) in [5, 5.41) is 0. The number of ether oxygens (including phenoxy) is 2. The summed E-state index contributed by atoms with van der Waals surface area (Å²) in [6, 6.07) is 8.90. The molecule has 6 nitrogen and oxygen atoms in total. The van der Waals surface area contributed by atoms with Crippen LogP contribution < -0.4 is 9.47 Å². The zero-order chi connectivity index (χ0) is 18.1. The second-order valence-corrected chi connectivity index (χ2v) is 5.33. The molecule has 1 aliphatic heterocycles. The third kappa shape index (κ3) is 2.63. The number of ketones is 1. The number of rotatable bonds is 5. The Kier molecular flexibility index (Phi) is 4.22. The highest BCUT2D eigenvalue weighted by Gasteiger charge is 2.36. The largest absolute Gasteiger partial charge is 0.493 e. The van der Waals surface area contributed by atoms with Crippen molar-refractivity contribution in [3.63, 3.8) is 0 Å². The van der Waals surface area contributed by atoms with Gasteiger partial charge in [0.25, 0.3) is 11.8 Å². The van der Waals surface area contributed by atoms with Crippen LogP contribution in [0.15, 0.2) is 36.4 Å². The van der Waals surface area contributed by atoms with Crippen molar-refractivity contribution in [2.75, 3.05) is 20.8 Å². The lowest BCUT2D eigenvalue weighted by Crippen LogP contribution is -2.35. The lowest BCUT2D eigenvalue weighted by molar-refractivity contribution is 0.0623. The van der Waals surface area contributed by atoms with Gasteiger partial charge in [0.05, 0.1) is 37.5 Å². The molecular formula is C18H14FNO5. The summed E-state index contributed by atoms with van der Waals surface area (Å²) in [7, 11) is 2.59. The summed E-state index contributed by atoms with van der Waals surface area (Å²) >= 11 is 0. The van der Waals surface area contributed by atoms with Crippen LogP contribution >= 0.6 is 0 Å². The standard InChI is InChI=1S/C18H14FNO5/c1-24-14-8-7-12(15(19)16(14)25-2)13(21)9-20-17(22)10-5-3-4-6-11(10)18(20)23/h3-8H,9H2,1-2H3. The second-order valence-electron chi connectivity index (χ2n) is 5.33. The molecule has 0 radical (unpaired) electrons. The maximum Gasteiger partial charge on any atom is 0.261 e. The van der Waals surface area contributed by atoms with E-state index in [1.807, 2.05) is 0 Å². The Morgan fingerprint density at radius 1 is 1.00 bits per heavy atom. The molecule has 0 aromatic heterocycles. The lowest BCUT2D eigenvalue weighted by atomic mass is 10.1. The zero-order valence-electron chi connectivity index (χ0n) is 13.5. The number of benzene rings is 2. The fourth-order valence-electron chi connectivity index (χ4n) is 2.72. The molecule has 25 heavy (non-hydrogen) atoms. The van der Waals surface area contributed by atoms with Gasteiger partial charge in [0.1, 0.15) is 0 Å². The number of methoxy groups -OCH3 is 2. The average molecular weight is 343 g/mol. The molecule has 0 saturated heterocycles. The minimum absolute atomic E-state index is 0.136. The summed E-state index contributed by atoms with van der Waals surface area (Å²) in [6.07, 6.45) is 0. The van der Waals surface area contributed by atoms with Crippen LogP contribution in [-0.4, -0.2) is 43.3 Å². The van der Waals surface area contributed by atoms with E-state index in [9.17, 15) is 18.8 Å². The maximum absolute atomic E-state index is 14.5. The maximum atomic E-state index is 14.5. The predicted molar refractivity (Wildman–Crippen MR) is 85.6 cm³/mol. The van der Waals surface area contributed by atoms with Crippen LogP contribution in [0.25, 0.3) is 0 Å². The highest BCUT2D eigenvalue weighted by atomic mass is 19.1. The third-order valence-electron chi connectivity index (χ3n) is 3.97. The number of fused-ring (bicyclic) bond motifs is 1. The number of amides is 2. The van der Waals surface area contributed by atoms with Crippen molar-refractivity contribution in [2.45, 2.75) is 0 Å². The Hall–Kier alpha value is -3.22. The monoisotopic (exact) mass is 343 g/mol. The molecule has 0 saturated carbocycles. The SMILES string of the molecule is COc1ccc(C(=O)CN2C(=O)c3ccccc3C2=O)c(F)c1OC. The molecule has 0 N–H and O–H groups in total. The minimum Gasteiger partial charge on any atom is -0.493 e. The van der Waals surface area contributed by atoms with E-state index in [-0.39, 0.29) is 28.2 Å². The van der Waals surface area contributed by atoms with Crippen LogP contribution in [0.2, 0.25) is 0 Å². The number of hydrogen-bond acceptors (Lipinski definition) is 5. The van der Waals surface area contributed by atoms with Crippen molar-refractivity contribution in [3.05, 3.63) is 58.9 Å². The van der Waals surface area contributed by atoms with E-state index in [0.717, 1.165) is 4.90 Å². The number of Topliss-reactive ketones (excluding diaryl/α,β-unsaturated/α-hetero) is 1. The van der Waals surface area contributed by atoms with Gasteiger partial charge in [-0.05, 0) is 24.3 Å². The molecule has 3 rings (SSSR count). The molecule has 2 aromatic carbocycles. The van der Waals surface area contributed by atoms with Gasteiger partial charge in [0, 0.05) is 0 Å². The molecule has 0 atom stereocenters. The Morgan fingerprint density at radius 3 is 2.12 bits per heavy atom. The molecule has 2 aromatic rings. The van der Waals surface area contributed by atoms with E-state index in [1.165, 1.54) is 38.5 Å². The van der Waals surface area contributed by atoms with Gasteiger partial charge in [0.15, 0.2) is 23.1 Å². The Labute approximate surface area is 142 Å². The molecule has 0 aliphatic carbocycles. The Morgan fingerprint density at radius 2 is 1.60 bits per heavy atom. The molecule has 0 fully saturated rings. The van der Waals surface area contributed by atoms with Crippen LogP contribution in [-0.2, 0) is 0 Å². The number of nitrogens with zero attached hydrogens (tertiary/aromatic N) is 1. The van der Waals surface area contributed by atoms with Gasteiger partial charge in [-0.25, -0.2) is 4.39 Å². The molecule has 2 amide bonds. The molecule has 0 unspecified atom stereocenters.